The lowest BCUT2D eigenvalue weighted by Crippen LogP contribution is -2.20. The Morgan fingerprint density at radius 3 is 1.20 bits per heavy atom. The number of ketones is 1. The zero-order valence-corrected chi connectivity index (χ0v) is 21.7. The van der Waals surface area contributed by atoms with E-state index in [1.54, 1.807) is 24.3 Å². The molecule has 1 aliphatic rings. The van der Waals surface area contributed by atoms with Crippen LogP contribution >= 0.6 is 0 Å². The first kappa shape index (κ1) is 23.3. The minimum absolute atomic E-state index is 0.0802. The van der Waals surface area contributed by atoms with Crippen molar-refractivity contribution in [2.75, 3.05) is 0 Å². The second kappa shape index (κ2) is 8.03. The van der Waals surface area contributed by atoms with E-state index in [1.165, 1.54) is 11.1 Å². The summed E-state index contributed by atoms with van der Waals surface area (Å²) in [6, 6.07) is 18.7. The van der Waals surface area contributed by atoms with Crippen LogP contribution in [0.2, 0.25) is 0 Å². The Balaban J connectivity index is 1.71. The summed E-state index contributed by atoms with van der Waals surface area (Å²) < 4.78 is 27.1. The Kier molecular flexibility index (Phi) is 5.33. The molecule has 0 saturated heterocycles. The van der Waals surface area contributed by atoms with Gasteiger partial charge in [0.05, 0.1) is 9.79 Å². The highest BCUT2D eigenvalue weighted by Gasteiger charge is 2.35. The zero-order chi connectivity index (χ0) is 25.2. The first-order valence-electron chi connectivity index (χ1n) is 11.7. The Morgan fingerprint density at radius 1 is 0.514 bits per heavy atom. The molecule has 0 spiro atoms. The van der Waals surface area contributed by atoms with Crippen molar-refractivity contribution in [3.63, 3.8) is 0 Å². The van der Waals surface area contributed by atoms with E-state index in [4.69, 9.17) is 0 Å². The Hall–Kier alpha value is -3.50. The van der Waals surface area contributed by atoms with E-state index in [1.807, 2.05) is 39.8 Å². The Bertz CT molecular complexity index is 1510. The molecule has 3 nitrogen and oxygen atoms in total. The number of rotatable bonds is 2. The summed E-state index contributed by atoms with van der Waals surface area (Å²) in [6.45, 7) is 12.3. The molecule has 4 aromatic carbocycles. The maximum atomic E-state index is 13.7. The third kappa shape index (κ3) is 3.64. The van der Waals surface area contributed by atoms with Crippen molar-refractivity contribution in [3.8, 4) is 22.3 Å². The zero-order valence-electron chi connectivity index (χ0n) is 20.9. The number of carbonyl (C=O) groups excluding carboxylic acids is 1. The highest BCUT2D eigenvalue weighted by molar-refractivity contribution is 7.91. The van der Waals surface area contributed by atoms with Gasteiger partial charge in [-0.25, -0.2) is 8.42 Å². The second-order valence-electron chi connectivity index (χ2n) is 9.80. The van der Waals surface area contributed by atoms with Crippen molar-refractivity contribution in [3.05, 3.63) is 105 Å². The van der Waals surface area contributed by atoms with Crippen LogP contribution in [0.1, 0.15) is 49.3 Å². The summed E-state index contributed by atoms with van der Waals surface area (Å²) in [4.78, 5) is 13.9. The molecule has 0 amide bonds. The topological polar surface area (TPSA) is 51.2 Å². The molecule has 1 aliphatic heterocycles. The smallest absolute Gasteiger partial charge is 0.208 e. The number of carbonyl (C=O) groups is 1. The van der Waals surface area contributed by atoms with Crippen molar-refractivity contribution in [2.45, 2.75) is 51.3 Å². The molecular formula is C31H28O3S. The predicted octanol–water partition coefficient (Wildman–Crippen LogP) is 7.25. The van der Waals surface area contributed by atoms with Crippen LogP contribution in [0.25, 0.3) is 22.3 Å². The van der Waals surface area contributed by atoms with Crippen LogP contribution in [0.4, 0.5) is 0 Å². The van der Waals surface area contributed by atoms with Gasteiger partial charge in [-0.3, -0.25) is 4.79 Å². The van der Waals surface area contributed by atoms with E-state index < -0.39 is 9.84 Å². The van der Waals surface area contributed by atoms with Crippen LogP contribution in [0.5, 0.6) is 0 Å². The molecule has 0 N–H and O–H groups in total. The lowest BCUT2D eigenvalue weighted by Gasteiger charge is -2.22. The van der Waals surface area contributed by atoms with Crippen LogP contribution in [-0.4, -0.2) is 14.2 Å². The van der Waals surface area contributed by atoms with Gasteiger partial charge in [-0.2, -0.15) is 0 Å². The number of hydrogen-bond acceptors (Lipinski definition) is 3. The van der Waals surface area contributed by atoms with Crippen LogP contribution in [0, 0.1) is 41.5 Å². The van der Waals surface area contributed by atoms with Gasteiger partial charge in [-0.15, -0.1) is 0 Å². The normalized spacial score (nSPS) is 13.9. The number of sulfone groups is 1. The van der Waals surface area contributed by atoms with Crippen molar-refractivity contribution in [1.82, 2.24) is 0 Å². The highest BCUT2D eigenvalue weighted by Crippen LogP contribution is 2.40. The molecule has 4 heteroatoms. The molecule has 0 aliphatic carbocycles. The summed E-state index contributed by atoms with van der Waals surface area (Å²) >= 11 is 0. The van der Waals surface area contributed by atoms with Gasteiger partial charge >= 0.3 is 0 Å². The molecule has 35 heavy (non-hydrogen) atoms. The number of benzene rings is 4. The van der Waals surface area contributed by atoms with E-state index in [0.717, 1.165) is 44.5 Å². The highest BCUT2D eigenvalue weighted by atomic mass is 32.2. The quantitative estimate of drug-likeness (QED) is 0.267. The molecule has 0 radical (unpaired) electrons. The monoisotopic (exact) mass is 480 g/mol. The first-order valence-corrected chi connectivity index (χ1v) is 13.2. The third-order valence-electron chi connectivity index (χ3n) is 6.96. The van der Waals surface area contributed by atoms with Crippen molar-refractivity contribution in [1.29, 1.82) is 0 Å². The van der Waals surface area contributed by atoms with Gasteiger partial charge in [0.2, 0.25) is 9.84 Å². The van der Waals surface area contributed by atoms with Gasteiger partial charge in [-0.05, 0) is 110 Å². The van der Waals surface area contributed by atoms with E-state index in [2.05, 4.69) is 38.1 Å². The van der Waals surface area contributed by atoms with Gasteiger partial charge in [-0.1, -0.05) is 47.5 Å². The molecule has 4 aromatic rings. The average Bonchev–Trinajstić information content (AvgIpc) is 2.76. The number of fused-ring (bicyclic) bond motifs is 2. The van der Waals surface area contributed by atoms with Crippen molar-refractivity contribution in [2.24, 2.45) is 0 Å². The Morgan fingerprint density at radius 2 is 0.857 bits per heavy atom. The molecule has 176 valence electrons. The Labute approximate surface area is 207 Å². The minimum Gasteiger partial charge on any atom is -0.289 e. The van der Waals surface area contributed by atoms with Crippen molar-refractivity contribution >= 4 is 15.6 Å². The maximum absolute atomic E-state index is 13.7. The second-order valence-corrected chi connectivity index (χ2v) is 11.7. The van der Waals surface area contributed by atoms with E-state index in [0.29, 0.717) is 0 Å². The van der Waals surface area contributed by atoms with Gasteiger partial charge < -0.3 is 0 Å². The van der Waals surface area contributed by atoms with Crippen LogP contribution in [0.3, 0.4) is 0 Å². The molecule has 0 aromatic heterocycles. The molecule has 0 unspecified atom stereocenters. The summed E-state index contributed by atoms with van der Waals surface area (Å²) in [5, 5.41) is 0. The SMILES string of the molecule is Cc1cc(C)c(-c2ccc3c(c2)C(=O)c2cc(-c4c(C)cc(C)cc4C)ccc2S3(=O)=O)c(C)c1. The standard InChI is InChI=1S/C31H28O3S/c1-17-11-19(3)29(20(4)12-17)23-7-9-27-25(15-23)31(32)26-16-24(8-10-28(26)35(27,33)34)30-21(5)13-18(2)14-22(30)6/h7-16H,1-6H3. The molecule has 0 bridgehead atoms. The summed E-state index contributed by atoms with van der Waals surface area (Å²) in [6.07, 6.45) is 0. The summed E-state index contributed by atoms with van der Waals surface area (Å²) in [5.41, 5.74) is 11.0. The van der Waals surface area contributed by atoms with Crippen LogP contribution in [0.15, 0.2) is 70.5 Å². The molecule has 5 rings (SSSR count). The van der Waals surface area contributed by atoms with Crippen molar-refractivity contribution < 1.29 is 13.2 Å². The minimum atomic E-state index is -3.81. The van der Waals surface area contributed by atoms with E-state index in [-0.39, 0.29) is 26.7 Å². The number of aryl methyl sites for hydroxylation is 6. The fourth-order valence-electron chi connectivity index (χ4n) is 5.73. The van der Waals surface area contributed by atoms with Crippen LogP contribution in [-0.2, 0) is 9.84 Å². The fraction of sp³-hybridized carbons (Fsp3) is 0.194. The van der Waals surface area contributed by atoms with Gasteiger partial charge in [0, 0.05) is 11.1 Å². The first-order chi connectivity index (χ1) is 16.5. The van der Waals surface area contributed by atoms with Gasteiger partial charge in [0.15, 0.2) is 5.78 Å². The van der Waals surface area contributed by atoms with Gasteiger partial charge in [0.1, 0.15) is 0 Å². The average molecular weight is 481 g/mol. The lowest BCUT2D eigenvalue weighted by molar-refractivity contribution is 0.103. The molecule has 0 atom stereocenters. The molecule has 0 fully saturated rings. The van der Waals surface area contributed by atoms with E-state index >= 15 is 0 Å². The fourth-order valence-corrected chi connectivity index (χ4v) is 7.34. The molecule has 1 heterocycles. The largest absolute Gasteiger partial charge is 0.289 e. The maximum Gasteiger partial charge on any atom is 0.208 e. The lowest BCUT2D eigenvalue weighted by atomic mass is 9.90. The van der Waals surface area contributed by atoms with E-state index in [9.17, 15) is 13.2 Å². The third-order valence-corrected chi connectivity index (χ3v) is 8.83. The predicted molar refractivity (Wildman–Crippen MR) is 141 cm³/mol. The summed E-state index contributed by atoms with van der Waals surface area (Å²) in [7, 11) is -3.81. The molecule has 0 saturated carbocycles. The number of hydrogen-bond donors (Lipinski definition) is 0. The van der Waals surface area contributed by atoms with Crippen LogP contribution < -0.4 is 0 Å². The van der Waals surface area contributed by atoms with Gasteiger partial charge in [0.25, 0.3) is 0 Å². The molecular weight excluding hydrogens is 452 g/mol. The summed E-state index contributed by atoms with van der Waals surface area (Å²) in [5.74, 6) is -0.252.